The Morgan fingerprint density at radius 1 is 0.906 bits per heavy atom. The fourth-order valence-corrected chi connectivity index (χ4v) is 4.75. The van der Waals surface area contributed by atoms with E-state index in [2.05, 4.69) is 70.1 Å². The van der Waals surface area contributed by atoms with E-state index in [4.69, 9.17) is 23.8 Å². The van der Waals surface area contributed by atoms with Gasteiger partial charge in [-0.05, 0) is 97.9 Å². The number of hydrogen-bond donors (Lipinski definition) is 1. The molecule has 2 atom stereocenters. The van der Waals surface area contributed by atoms with Crippen molar-refractivity contribution in [3.63, 3.8) is 0 Å². The number of thiocarbonyl (C=S) groups is 1. The summed E-state index contributed by atoms with van der Waals surface area (Å²) in [6.45, 7) is 4.28. The summed E-state index contributed by atoms with van der Waals surface area (Å²) in [4.78, 5) is 6.81. The molecule has 4 aromatic rings. The van der Waals surface area contributed by atoms with Gasteiger partial charge in [0.1, 0.15) is 6.04 Å². The van der Waals surface area contributed by atoms with Crippen LogP contribution in [0.25, 0.3) is 5.69 Å². The number of anilines is 1. The first-order valence-corrected chi connectivity index (χ1v) is 11.3. The highest BCUT2D eigenvalue weighted by molar-refractivity contribution is 7.80. The van der Waals surface area contributed by atoms with Gasteiger partial charge in [-0.1, -0.05) is 23.7 Å². The fraction of sp³-hybridized carbons (Fsp3) is 0.154. The van der Waals surface area contributed by atoms with E-state index in [1.54, 1.807) is 0 Å². The molecule has 0 spiro atoms. The Balaban J connectivity index is 1.67. The molecule has 5 rings (SSSR count). The highest BCUT2D eigenvalue weighted by atomic mass is 35.5. The van der Waals surface area contributed by atoms with E-state index in [0.29, 0.717) is 10.1 Å². The Morgan fingerprint density at radius 3 is 2.41 bits per heavy atom. The van der Waals surface area contributed by atoms with E-state index in [1.165, 1.54) is 11.1 Å². The Bertz CT molecular complexity index is 1270. The number of benzene rings is 2. The van der Waals surface area contributed by atoms with Gasteiger partial charge >= 0.3 is 0 Å². The van der Waals surface area contributed by atoms with Crippen molar-refractivity contribution in [2.45, 2.75) is 25.9 Å². The zero-order valence-electron chi connectivity index (χ0n) is 17.9. The van der Waals surface area contributed by atoms with E-state index >= 15 is 0 Å². The Morgan fingerprint density at radius 2 is 1.69 bits per heavy atom. The molecule has 0 aliphatic carbocycles. The maximum atomic E-state index is 6.17. The van der Waals surface area contributed by atoms with Crippen molar-refractivity contribution in [2.24, 2.45) is 0 Å². The standard InChI is InChI=1S/C26H23ClN4S/c1-17-8-11-21(16-18(17)2)30-15-5-7-23(30)25-24(22-6-3-4-14-28-22)29-26(32)31(25)20-12-9-19(27)10-13-20/h3-16,24-25H,1-2H3,(H,29,32)/t24-,25+/m0/s1. The monoisotopic (exact) mass is 458 g/mol. The smallest absolute Gasteiger partial charge is 0.174 e. The molecule has 0 amide bonds. The Hall–Kier alpha value is -3.15. The predicted molar refractivity (Wildman–Crippen MR) is 135 cm³/mol. The second-order valence-electron chi connectivity index (χ2n) is 8.04. The molecular formula is C26H23ClN4S. The summed E-state index contributed by atoms with van der Waals surface area (Å²) in [6, 6.07) is 24.4. The number of nitrogens with one attached hydrogen (secondary N) is 1. The molecule has 1 N–H and O–H groups in total. The third-order valence-electron chi connectivity index (χ3n) is 6.05. The minimum absolute atomic E-state index is 0.0878. The number of aromatic nitrogens is 2. The van der Waals surface area contributed by atoms with Gasteiger partial charge in [-0.2, -0.15) is 0 Å². The lowest BCUT2D eigenvalue weighted by molar-refractivity contribution is 0.549. The molecule has 32 heavy (non-hydrogen) atoms. The first-order valence-electron chi connectivity index (χ1n) is 10.5. The third-order valence-corrected chi connectivity index (χ3v) is 6.62. The molecule has 0 bridgehead atoms. The van der Waals surface area contributed by atoms with Gasteiger partial charge in [0, 0.05) is 34.5 Å². The zero-order valence-corrected chi connectivity index (χ0v) is 19.4. The van der Waals surface area contributed by atoms with Crippen molar-refractivity contribution in [3.8, 4) is 5.69 Å². The molecule has 0 radical (unpaired) electrons. The molecular weight excluding hydrogens is 436 g/mol. The van der Waals surface area contributed by atoms with Gasteiger partial charge in [0.2, 0.25) is 0 Å². The highest BCUT2D eigenvalue weighted by Gasteiger charge is 2.42. The second kappa shape index (κ2) is 8.41. The van der Waals surface area contributed by atoms with Crippen molar-refractivity contribution in [1.82, 2.24) is 14.9 Å². The van der Waals surface area contributed by atoms with E-state index in [9.17, 15) is 0 Å². The minimum atomic E-state index is -0.0976. The van der Waals surface area contributed by atoms with E-state index in [-0.39, 0.29) is 12.1 Å². The molecule has 1 saturated heterocycles. The molecule has 1 aliphatic heterocycles. The maximum Gasteiger partial charge on any atom is 0.174 e. The molecule has 1 aliphatic rings. The van der Waals surface area contributed by atoms with Crippen molar-refractivity contribution in [2.75, 3.05) is 4.90 Å². The molecule has 2 aromatic carbocycles. The van der Waals surface area contributed by atoms with Crippen molar-refractivity contribution in [1.29, 1.82) is 0 Å². The summed E-state index contributed by atoms with van der Waals surface area (Å²) in [5.74, 6) is 0. The van der Waals surface area contributed by atoms with Gasteiger partial charge in [-0.25, -0.2) is 0 Å². The normalized spacial score (nSPS) is 18.1. The summed E-state index contributed by atoms with van der Waals surface area (Å²) < 4.78 is 2.24. The minimum Gasteiger partial charge on any atom is -0.351 e. The first kappa shape index (κ1) is 20.7. The van der Waals surface area contributed by atoms with Crippen LogP contribution in [0.15, 0.2) is 85.2 Å². The van der Waals surface area contributed by atoms with Crippen LogP contribution < -0.4 is 10.2 Å². The second-order valence-corrected chi connectivity index (χ2v) is 8.87. The average Bonchev–Trinajstić information content (AvgIpc) is 3.41. The third kappa shape index (κ3) is 3.68. The predicted octanol–water partition coefficient (Wildman–Crippen LogP) is 6.32. The topological polar surface area (TPSA) is 33.1 Å². The van der Waals surface area contributed by atoms with Gasteiger partial charge in [-0.15, -0.1) is 0 Å². The summed E-state index contributed by atoms with van der Waals surface area (Å²) in [6.07, 6.45) is 3.93. The number of hydrogen-bond acceptors (Lipinski definition) is 2. The largest absolute Gasteiger partial charge is 0.351 e. The van der Waals surface area contributed by atoms with Crippen LogP contribution in [0.2, 0.25) is 5.02 Å². The molecule has 2 aromatic heterocycles. The summed E-state index contributed by atoms with van der Waals surface area (Å²) in [5, 5.41) is 4.88. The van der Waals surface area contributed by atoms with Crippen molar-refractivity contribution < 1.29 is 0 Å². The zero-order chi connectivity index (χ0) is 22.2. The molecule has 6 heteroatoms. The Labute approximate surface area is 198 Å². The van der Waals surface area contributed by atoms with Crippen molar-refractivity contribution in [3.05, 3.63) is 113 Å². The summed E-state index contributed by atoms with van der Waals surface area (Å²) in [5.41, 5.74) is 6.73. The molecule has 1 fully saturated rings. The van der Waals surface area contributed by atoms with Gasteiger partial charge in [0.25, 0.3) is 0 Å². The summed E-state index contributed by atoms with van der Waals surface area (Å²) >= 11 is 12.0. The van der Waals surface area contributed by atoms with Crippen LogP contribution in [0.4, 0.5) is 5.69 Å². The van der Waals surface area contributed by atoms with Crippen LogP contribution in [-0.2, 0) is 0 Å². The number of nitrogens with zero attached hydrogens (tertiary/aromatic N) is 3. The van der Waals surface area contributed by atoms with Crippen LogP contribution in [0.3, 0.4) is 0 Å². The fourth-order valence-electron chi connectivity index (χ4n) is 4.28. The average molecular weight is 459 g/mol. The van der Waals surface area contributed by atoms with Gasteiger partial charge in [-0.3, -0.25) is 4.98 Å². The van der Waals surface area contributed by atoms with Gasteiger partial charge < -0.3 is 14.8 Å². The SMILES string of the molecule is Cc1ccc(-n2cccc2[C@@H]2[C@H](c3ccccn3)NC(=S)N2c2ccc(Cl)cc2)cc1C. The number of halogens is 1. The molecule has 3 heterocycles. The maximum absolute atomic E-state index is 6.17. The van der Waals surface area contributed by atoms with Crippen LogP contribution in [0.5, 0.6) is 0 Å². The Kier molecular flexibility index (Phi) is 5.45. The van der Waals surface area contributed by atoms with Crippen LogP contribution in [0.1, 0.15) is 34.6 Å². The lowest BCUT2D eigenvalue weighted by Crippen LogP contribution is -2.30. The molecule has 4 nitrogen and oxygen atoms in total. The van der Waals surface area contributed by atoms with Crippen LogP contribution in [0, 0.1) is 13.8 Å². The number of rotatable bonds is 4. The van der Waals surface area contributed by atoms with E-state index in [1.807, 2.05) is 48.7 Å². The van der Waals surface area contributed by atoms with Gasteiger partial charge in [0.15, 0.2) is 5.11 Å². The van der Waals surface area contributed by atoms with Gasteiger partial charge in [0.05, 0.1) is 11.7 Å². The van der Waals surface area contributed by atoms with E-state index < -0.39 is 0 Å². The van der Waals surface area contributed by atoms with Crippen molar-refractivity contribution >= 4 is 34.6 Å². The lowest BCUT2D eigenvalue weighted by Gasteiger charge is -2.29. The lowest BCUT2D eigenvalue weighted by atomic mass is 10.0. The quantitative estimate of drug-likeness (QED) is 0.363. The van der Waals surface area contributed by atoms with Crippen LogP contribution >= 0.6 is 23.8 Å². The van der Waals surface area contributed by atoms with Crippen LogP contribution in [-0.4, -0.2) is 14.7 Å². The molecule has 0 saturated carbocycles. The highest BCUT2D eigenvalue weighted by Crippen LogP contribution is 2.42. The molecule has 0 unspecified atom stereocenters. The number of pyridine rings is 1. The first-order chi connectivity index (χ1) is 15.5. The summed E-state index contributed by atoms with van der Waals surface area (Å²) in [7, 11) is 0. The van der Waals surface area contributed by atoms with E-state index in [0.717, 1.165) is 22.8 Å². The number of aryl methyl sites for hydroxylation is 2. The molecule has 160 valence electrons.